The number of nitrogens with zero attached hydrogens (tertiary/aromatic N) is 1. The number of aromatic nitrogens is 1. The Kier molecular flexibility index (Phi) is 5.95. The largest absolute Gasteiger partial charge is 0.444 e. The summed E-state index contributed by atoms with van der Waals surface area (Å²) < 4.78 is 5.17. The lowest BCUT2D eigenvalue weighted by atomic mass is 10.1. The quantitative estimate of drug-likeness (QED) is 0.870. The molecule has 1 amide bonds. The molecule has 0 saturated carbocycles. The molecule has 1 aromatic rings. The third-order valence-electron chi connectivity index (χ3n) is 2.67. The third kappa shape index (κ3) is 6.52. The molecule has 1 heterocycles. The molecule has 0 bridgehead atoms. The summed E-state index contributed by atoms with van der Waals surface area (Å²) in [5, 5.41) is 12.7. The van der Waals surface area contributed by atoms with Gasteiger partial charge in [0.2, 0.25) is 0 Å². The summed E-state index contributed by atoms with van der Waals surface area (Å²) in [7, 11) is 0. The molecule has 0 radical (unpaired) electrons. The maximum atomic E-state index is 11.6. The van der Waals surface area contributed by atoms with Gasteiger partial charge in [-0.1, -0.05) is 6.07 Å². The first-order valence-corrected chi connectivity index (χ1v) is 6.86. The highest BCUT2D eigenvalue weighted by atomic mass is 16.6. The fraction of sp³-hybridized carbons (Fsp3) is 0.600. The van der Waals surface area contributed by atoms with Gasteiger partial charge in [-0.25, -0.2) is 4.79 Å². The van der Waals surface area contributed by atoms with Gasteiger partial charge < -0.3 is 15.2 Å². The summed E-state index contributed by atoms with van der Waals surface area (Å²) in [6.07, 6.45) is 1.79. The van der Waals surface area contributed by atoms with E-state index in [-0.39, 0.29) is 6.04 Å². The highest BCUT2D eigenvalue weighted by molar-refractivity contribution is 5.67. The van der Waals surface area contributed by atoms with Crippen molar-refractivity contribution in [3.8, 4) is 0 Å². The number of pyridine rings is 1. The van der Waals surface area contributed by atoms with Crippen molar-refractivity contribution < 1.29 is 14.6 Å². The van der Waals surface area contributed by atoms with Crippen LogP contribution in [0.5, 0.6) is 0 Å². The molecule has 112 valence electrons. The number of ether oxygens (including phenoxy) is 1. The molecule has 5 nitrogen and oxygen atoms in total. The highest BCUT2D eigenvalue weighted by Gasteiger charge is 2.18. The van der Waals surface area contributed by atoms with E-state index in [4.69, 9.17) is 4.74 Å². The van der Waals surface area contributed by atoms with Crippen LogP contribution in [0.15, 0.2) is 24.4 Å². The monoisotopic (exact) mass is 280 g/mol. The van der Waals surface area contributed by atoms with Crippen molar-refractivity contribution in [1.82, 2.24) is 10.3 Å². The van der Waals surface area contributed by atoms with Gasteiger partial charge in [-0.05, 0) is 52.7 Å². The van der Waals surface area contributed by atoms with E-state index in [1.165, 1.54) is 0 Å². The van der Waals surface area contributed by atoms with Crippen LogP contribution in [0.3, 0.4) is 0 Å². The van der Waals surface area contributed by atoms with Crippen molar-refractivity contribution >= 4 is 6.09 Å². The topological polar surface area (TPSA) is 71.5 Å². The lowest BCUT2D eigenvalue weighted by Crippen LogP contribution is -2.37. The van der Waals surface area contributed by atoms with E-state index in [2.05, 4.69) is 10.3 Å². The minimum Gasteiger partial charge on any atom is -0.444 e. The summed E-state index contributed by atoms with van der Waals surface area (Å²) in [5.41, 5.74) is 0.147. The molecule has 0 spiro atoms. The molecular formula is C15H24N2O3. The first-order chi connectivity index (χ1) is 9.28. The second kappa shape index (κ2) is 7.24. The van der Waals surface area contributed by atoms with Gasteiger partial charge in [0.25, 0.3) is 0 Å². The Bertz CT molecular complexity index is 415. The summed E-state index contributed by atoms with van der Waals surface area (Å²) in [5.74, 6) is 0. The van der Waals surface area contributed by atoms with Crippen LogP contribution in [-0.2, 0) is 4.74 Å². The molecule has 0 fully saturated rings. The zero-order valence-electron chi connectivity index (χ0n) is 12.6. The van der Waals surface area contributed by atoms with Gasteiger partial charge in [0, 0.05) is 12.2 Å². The molecule has 0 aliphatic carbocycles. The molecule has 5 heteroatoms. The molecule has 0 saturated heterocycles. The normalized spacial score (nSPS) is 14.4. The Balaban J connectivity index is 2.33. The van der Waals surface area contributed by atoms with E-state index >= 15 is 0 Å². The third-order valence-corrected chi connectivity index (χ3v) is 2.67. The fourth-order valence-electron chi connectivity index (χ4n) is 1.71. The Morgan fingerprint density at radius 3 is 2.65 bits per heavy atom. The maximum Gasteiger partial charge on any atom is 0.407 e. The van der Waals surface area contributed by atoms with Gasteiger partial charge in [-0.2, -0.15) is 0 Å². The Hall–Kier alpha value is -1.62. The van der Waals surface area contributed by atoms with Gasteiger partial charge in [0.05, 0.1) is 11.8 Å². The Labute approximate surface area is 120 Å². The number of aliphatic hydroxyl groups excluding tert-OH is 1. The predicted octanol–water partition coefficient (Wildman–Crippen LogP) is 2.81. The number of carbonyl (C=O) groups excluding carboxylic acids is 1. The first-order valence-electron chi connectivity index (χ1n) is 6.86. The van der Waals surface area contributed by atoms with E-state index in [0.29, 0.717) is 18.5 Å². The van der Waals surface area contributed by atoms with Crippen LogP contribution < -0.4 is 5.32 Å². The van der Waals surface area contributed by atoms with Gasteiger partial charge in [0.1, 0.15) is 5.60 Å². The van der Waals surface area contributed by atoms with Crippen molar-refractivity contribution in [2.24, 2.45) is 0 Å². The SMILES string of the molecule is C[C@@H](CCC(O)c1ccccn1)NC(=O)OC(C)(C)C. The minimum absolute atomic E-state index is 0.0665. The summed E-state index contributed by atoms with van der Waals surface area (Å²) in [6.45, 7) is 7.35. The Morgan fingerprint density at radius 1 is 1.40 bits per heavy atom. The predicted molar refractivity (Wildman–Crippen MR) is 77.3 cm³/mol. The molecule has 0 aliphatic heterocycles. The molecule has 1 aromatic heterocycles. The van der Waals surface area contributed by atoms with Crippen molar-refractivity contribution in [1.29, 1.82) is 0 Å². The van der Waals surface area contributed by atoms with Crippen molar-refractivity contribution in [3.63, 3.8) is 0 Å². The van der Waals surface area contributed by atoms with E-state index in [0.717, 1.165) is 0 Å². The lowest BCUT2D eigenvalue weighted by molar-refractivity contribution is 0.0500. The second-order valence-corrected chi connectivity index (χ2v) is 5.90. The second-order valence-electron chi connectivity index (χ2n) is 5.90. The van der Waals surface area contributed by atoms with Crippen LogP contribution in [0.2, 0.25) is 0 Å². The molecule has 20 heavy (non-hydrogen) atoms. The number of alkyl carbamates (subject to hydrolysis) is 1. The molecule has 2 N–H and O–H groups in total. The zero-order valence-corrected chi connectivity index (χ0v) is 12.6. The van der Waals surface area contributed by atoms with Gasteiger partial charge >= 0.3 is 6.09 Å². The lowest BCUT2D eigenvalue weighted by Gasteiger charge is -2.22. The average Bonchev–Trinajstić information content (AvgIpc) is 2.34. The van der Waals surface area contributed by atoms with Crippen LogP contribution in [0.4, 0.5) is 4.79 Å². The number of nitrogens with one attached hydrogen (secondary N) is 1. The maximum absolute atomic E-state index is 11.6. The summed E-state index contributed by atoms with van der Waals surface area (Å²) in [6, 6.07) is 5.37. The minimum atomic E-state index is -0.612. The van der Waals surface area contributed by atoms with Gasteiger partial charge in [-0.15, -0.1) is 0 Å². The molecule has 2 atom stereocenters. The average molecular weight is 280 g/mol. The zero-order chi connectivity index (χ0) is 15.2. The number of carbonyl (C=O) groups is 1. The van der Waals surface area contributed by atoms with E-state index in [1.54, 1.807) is 12.3 Å². The van der Waals surface area contributed by atoms with Crippen molar-refractivity contribution in [2.45, 2.75) is 58.3 Å². The van der Waals surface area contributed by atoms with E-state index < -0.39 is 17.8 Å². The van der Waals surface area contributed by atoms with Gasteiger partial charge in [-0.3, -0.25) is 4.98 Å². The number of hydrogen-bond donors (Lipinski definition) is 2. The van der Waals surface area contributed by atoms with Crippen LogP contribution in [0.1, 0.15) is 52.3 Å². The Morgan fingerprint density at radius 2 is 2.10 bits per heavy atom. The van der Waals surface area contributed by atoms with Gasteiger partial charge in [0.15, 0.2) is 0 Å². The molecule has 1 rings (SSSR count). The van der Waals surface area contributed by atoms with Crippen LogP contribution in [0, 0.1) is 0 Å². The van der Waals surface area contributed by atoms with Crippen LogP contribution in [-0.4, -0.2) is 27.8 Å². The number of amides is 1. The smallest absolute Gasteiger partial charge is 0.407 e. The fourth-order valence-corrected chi connectivity index (χ4v) is 1.71. The number of rotatable bonds is 5. The van der Waals surface area contributed by atoms with Crippen molar-refractivity contribution in [3.05, 3.63) is 30.1 Å². The molecule has 0 aromatic carbocycles. The highest BCUT2D eigenvalue weighted by Crippen LogP contribution is 2.16. The van der Waals surface area contributed by atoms with Crippen LogP contribution >= 0.6 is 0 Å². The summed E-state index contributed by atoms with van der Waals surface area (Å²) >= 11 is 0. The van der Waals surface area contributed by atoms with E-state index in [1.807, 2.05) is 39.8 Å². The van der Waals surface area contributed by atoms with Crippen molar-refractivity contribution in [2.75, 3.05) is 0 Å². The molecule has 0 aliphatic rings. The standard InChI is InChI=1S/C15H24N2O3/c1-11(17-14(19)20-15(2,3)4)8-9-13(18)12-7-5-6-10-16-12/h5-7,10-11,13,18H,8-9H2,1-4H3,(H,17,19)/t11-,13?/m0/s1. The number of hydrogen-bond acceptors (Lipinski definition) is 4. The summed E-state index contributed by atoms with van der Waals surface area (Å²) in [4.78, 5) is 15.7. The number of aliphatic hydroxyl groups is 1. The van der Waals surface area contributed by atoms with Crippen LogP contribution in [0.25, 0.3) is 0 Å². The molecule has 1 unspecified atom stereocenters. The van der Waals surface area contributed by atoms with E-state index in [9.17, 15) is 9.90 Å². The first kappa shape index (κ1) is 16.4. The molecular weight excluding hydrogens is 256 g/mol.